The maximum absolute atomic E-state index is 11.7. The lowest BCUT2D eigenvalue weighted by molar-refractivity contribution is -0.120. The van der Waals surface area contributed by atoms with E-state index in [1.807, 2.05) is 24.3 Å². The van der Waals surface area contributed by atoms with E-state index in [-0.39, 0.29) is 18.4 Å². The summed E-state index contributed by atoms with van der Waals surface area (Å²) in [6.45, 7) is 3.50. The number of benzene rings is 1. The highest BCUT2D eigenvalue weighted by Gasteiger charge is 2.28. The highest BCUT2D eigenvalue weighted by molar-refractivity contribution is 6.13. The van der Waals surface area contributed by atoms with Crippen molar-refractivity contribution < 1.29 is 9.59 Å². The van der Waals surface area contributed by atoms with E-state index in [9.17, 15) is 9.59 Å². The fourth-order valence-corrected chi connectivity index (χ4v) is 1.74. The fourth-order valence-electron chi connectivity index (χ4n) is 1.74. The number of fused-ring (bicyclic) bond motifs is 1. The Bertz CT molecular complexity index is 468. The molecule has 0 aliphatic carbocycles. The van der Waals surface area contributed by atoms with Crippen molar-refractivity contribution in [2.75, 3.05) is 23.4 Å². The van der Waals surface area contributed by atoms with Crippen LogP contribution in [0.5, 0.6) is 0 Å². The molecule has 1 aromatic rings. The summed E-state index contributed by atoms with van der Waals surface area (Å²) >= 11 is 0. The Morgan fingerprint density at radius 2 is 2.00 bits per heavy atom. The van der Waals surface area contributed by atoms with Crippen LogP contribution >= 0.6 is 0 Å². The third-order valence-corrected chi connectivity index (χ3v) is 2.64. The van der Waals surface area contributed by atoms with E-state index in [1.165, 1.54) is 11.0 Å². The molecule has 1 heterocycles. The van der Waals surface area contributed by atoms with E-state index in [2.05, 4.69) is 6.58 Å². The van der Waals surface area contributed by atoms with E-state index in [1.54, 1.807) is 11.9 Å². The molecule has 1 aliphatic rings. The van der Waals surface area contributed by atoms with E-state index < -0.39 is 0 Å². The van der Waals surface area contributed by atoms with Crippen molar-refractivity contribution >= 4 is 23.2 Å². The Labute approximate surface area is 93.8 Å². The van der Waals surface area contributed by atoms with Crippen LogP contribution in [0.1, 0.15) is 0 Å². The number of rotatable bonds is 1. The maximum Gasteiger partial charge on any atom is 0.250 e. The first-order chi connectivity index (χ1) is 7.65. The first-order valence-corrected chi connectivity index (χ1v) is 4.94. The third kappa shape index (κ3) is 1.48. The molecule has 4 heteroatoms. The van der Waals surface area contributed by atoms with Crippen LogP contribution < -0.4 is 9.80 Å². The summed E-state index contributed by atoms with van der Waals surface area (Å²) in [5.41, 5.74) is 1.49. The number of para-hydroxylation sites is 2. The minimum Gasteiger partial charge on any atom is -0.312 e. The van der Waals surface area contributed by atoms with Gasteiger partial charge in [0, 0.05) is 7.05 Å². The van der Waals surface area contributed by atoms with Gasteiger partial charge in [0.25, 0.3) is 5.91 Å². The molecule has 0 saturated carbocycles. The number of hydrogen-bond donors (Lipinski definition) is 0. The molecule has 0 radical (unpaired) electrons. The van der Waals surface area contributed by atoms with Crippen molar-refractivity contribution in [1.29, 1.82) is 0 Å². The van der Waals surface area contributed by atoms with Gasteiger partial charge in [0.1, 0.15) is 6.54 Å². The van der Waals surface area contributed by atoms with Gasteiger partial charge in [-0.15, -0.1) is 0 Å². The lowest BCUT2D eigenvalue weighted by Crippen LogP contribution is -2.46. The Balaban J connectivity index is 2.52. The summed E-state index contributed by atoms with van der Waals surface area (Å²) in [6, 6.07) is 7.31. The number of hydrogen-bond acceptors (Lipinski definition) is 2. The van der Waals surface area contributed by atoms with Crippen molar-refractivity contribution in [3.63, 3.8) is 0 Å². The third-order valence-electron chi connectivity index (χ3n) is 2.64. The number of amides is 2. The Morgan fingerprint density at radius 3 is 2.62 bits per heavy atom. The number of likely N-dealkylation sites (N-methyl/N-ethyl adjacent to an activating group) is 1. The monoisotopic (exact) mass is 216 g/mol. The number of anilines is 2. The number of carbonyl (C=O) groups excluding carboxylic acids is 2. The van der Waals surface area contributed by atoms with Crippen LogP contribution in [0, 0.1) is 0 Å². The van der Waals surface area contributed by atoms with Gasteiger partial charge in [0.05, 0.1) is 11.4 Å². The summed E-state index contributed by atoms with van der Waals surface area (Å²) in [4.78, 5) is 26.3. The van der Waals surface area contributed by atoms with Crippen LogP contribution in [-0.4, -0.2) is 25.4 Å². The molecule has 2 rings (SSSR count). The molecule has 82 valence electrons. The molecule has 0 spiro atoms. The summed E-state index contributed by atoms with van der Waals surface area (Å²) in [6.07, 6.45) is 1.22. The van der Waals surface area contributed by atoms with E-state index in [0.717, 1.165) is 11.4 Å². The van der Waals surface area contributed by atoms with Gasteiger partial charge in [0.15, 0.2) is 0 Å². The zero-order valence-electron chi connectivity index (χ0n) is 9.01. The van der Waals surface area contributed by atoms with Crippen LogP contribution in [0.15, 0.2) is 36.9 Å². The molecule has 16 heavy (non-hydrogen) atoms. The molecule has 1 aliphatic heterocycles. The largest absolute Gasteiger partial charge is 0.312 e. The second kappa shape index (κ2) is 3.81. The van der Waals surface area contributed by atoms with E-state index >= 15 is 0 Å². The van der Waals surface area contributed by atoms with Crippen LogP contribution in [0.25, 0.3) is 0 Å². The predicted octanol–water partition coefficient (Wildman–Crippen LogP) is 1.18. The Hall–Kier alpha value is -2.10. The molecule has 0 atom stereocenters. The van der Waals surface area contributed by atoms with Gasteiger partial charge in [-0.05, 0) is 18.2 Å². The van der Waals surface area contributed by atoms with Gasteiger partial charge in [0.2, 0.25) is 5.91 Å². The van der Waals surface area contributed by atoms with Crippen LogP contribution in [-0.2, 0) is 9.59 Å². The SMILES string of the molecule is C=CC(=O)N1CC(=O)N(C)c2ccccc21. The molecule has 0 fully saturated rings. The lowest BCUT2D eigenvalue weighted by Gasteiger charge is -2.33. The second-order valence-electron chi connectivity index (χ2n) is 3.57. The normalized spacial score (nSPS) is 14.7. The Kier molecular flexibility index (Phi) is 2.48. The molecule has 4 nitrogen and oxygen atoms in total. The minimum atomic E-state index is -0.256. The average Bonchev–Trinajstić information content (AvgIpc) is 2.33. The quantitative estimate of drug-likeness (QED) is 0.661. The molecule has 0 aromatic heterocycles. The first kappa shape index (κ1) is 10.4. The van der Waals surface area contributed by atoms with Crippen molar-refractivity contribution in [2.45, 2.75) is 0 Å². The molecule has 0 unspecified atom stereocenters. The molecule has 0 saturated heterocycles. The molecular formula is C12H12N2O2. The lowest BCUT2D eigenvalue weighted by atomic mass is 10.1. The Morgan fingerprint density at radius 1 is 1.38 bits per heavy atom. The van der Waals surface area contributed by atoms with Crippen molar-refractivity contribution in [1.82, 2.24) is 0 Å². The number of carbonyl (C=O) groups is 2. The zero-order chi connectivity index (χ0) is 11.7. The van der Waals surface area contributed by atoms with Crippen molar-refractivity contribution in [3.05, 3.63) is 36.9 Å². The van der Waals surface area contributed by atoms with E-state index in [4.69, 9.17) is 0 Å². The minimum absolute atomic E-state index is 0.0678. The van der Waals surface area contributed by atoms with Crippen LogP contribution in [0.3, 0.4) is 0 Å². The second-order valence-corrected chi connectivity index (χ2v) is 3.57. The van der Waals surface area contributed by atoms with Gasteiger partial charge in [-0.2, -0.15) is 0 Å². The summed E-state index contributed by atoms with van der Waals surface area (Å²) in [5, 5.41) is 0. The predicted molar refractivity (Wildman–Crippen MR) is 62.4 cm³/mol. The highest BCUT2D eigenvalue weighted by atomic mass is 16.2. The van der Waals surface area contributed by atoms with Gasteiger partial charge in [-0.3, -0.25) is 14.5 Å². The molecule has 2 amide bonds. The molecule has 0 bridgehead atoms. The zero-order valence-corrected chi connectivity index (χ0v) is 9.01. The fraction of sp³-hybridized carbons (Fsp3) is 0.167. The summed E-state index contributed by atoms with van der Waals surface area (Å²) in [7, 11) is 1.71. The van der Waals surface area contributed by atoms with Gasteiger partial charge >= 0.3 is 0 Å². The topological polar surface area (TPSA) is 40.6 Å². The molecule has 0 N–H and O–H groups in total. The molecular weight excluding hydrogens is 204 g/mol. The number of nitrogens with zero attached hydrogens (tertiary/aromatic N) is 2. The van der Waals surface area contributed by atoms with Crippen molar-refractivity contribution in [2.24, 2.45) is 0 Å². The van der Waals surface area contributed by atoms with E-state index in [0.29, 0.717) is 0 Å². The summed E-state index contributed by atoms with van der Waals surface area (Å²) in [5.74, 6) is -0.359. The first-order valence-electron chi connectivity index (χ1n) is 4.94. The maximum atomic E-state index is 11.7. The summed E-state index contributed by atoms with van der Waals surface area (Å²) < 4.78 is 0. The van der Waals surface area contributed by atoms with Crippen molar-refractivity contribution in [3.8, 4) is 0 Å². The van der Waals surface area contributed by atoms with Gasteiger partial charge in [-0.1, -0.05) is 18.7 Å². The van der Waals surface area contributed by atoms with Gasteiger partial charge < -0.3 is 4.90 Å². The highest BCUT2D eigenvalue weighted by Crippen LogP contribution is 2.32. The van der Waals surface area contributed by atoms with Crippen LogP contribution in [0.2, 0.25) is 0 Å². The smallest absolute Gasteiger partial charge is 0.250 e. The standard InChI is InChI=1S/C12H12N2O2/c1-3-11(15)14-8-12(16)13(2)9-6-4-5-7-10(9)14/h3-7H,1,8H2,2H3. The van der Waals surface area contributed by atoms with Gasteiger partial charge in [-0.25, -0.2) is 0 Å². The van der Waals surface area contributed by atoms with Crippen LogP contribution in [0.4, 0.5) is 11.4 Å². The average molecular weight is 216 g/mol. The molecule has 1 aromatic carbocycles.